The maximum Gasteiger partial charge on any atom is 0.239 e. The van der Waals surface area contributed by atoms with Gasteiger partial charge in [0.1, 0.15) is 6.10 Å². The van der Waals surface area contributed by atoms with E-state index in [0.29, 0.717) is 12.8 Å². The van der Waals surface area contributed by atoms with E-state index in [1.54, 1.807) is 0 Å². The fourth-order valence-corrected chi connectivity index (χ4v) is 8.05. The van der Waals surface area contributed by atoms with Gasteiger partial charge in [0.25, 0.3) is 0 Å². The van der Waals surface area contributed by atoms with Crippen LogP contribution in [-0.2, 0) is 14.4 Å². The highest BCUT2D eigenvalue weighted by Gasteiger charge is 2.26. The first kappa shape index (κ1) is 33.7. The van der Waals surface area contributed by atoms with Crippen molar-refractivity contribution >= 4 is 95.0 Å². The zero-order valence-electron chi connectivity index (χ0n) is 22.5. The third-order valence-corrected chi connectivity index (χ3v) is 11.2. The maximum absolute atomic E-state index is 10.4. The molecular formula is C28H31Br2NO4S4. The molecule has 0 radical (unpaired) electrons. The summed E-state index contributed by atoms with van der Waals surface area (Å²) in [6.45, 7) is 11.4. The molecule has 11 heteroatoms. The molecule has 5 heterocycles. The number of aliphatic hydroxyl groups is 1. The van der Waals surface area contributed by atoms with Crippen LogP contribution in [-0.4, -0.2) is 32.7 Å². The Hall–Kier alpha value is -1.47. The van der Waals surface area contributed by atoms with Crippen molar-refractivity contribution in [1.29, 1.82) is 0 Å². The molecule has 0 aromatic carbocycles. The van der Waals surface area contributed by atoms with Crippen LogP contribution < -0.4 is 0 Å². The number of halogens is 2. The Morgan fingerprint density at radius 3 is 1.41 bits per heavy atom. The van der Waals surface area contributed by atoms with E-state index in [1.165, 1.54) is 57.3 Å². The van der Waals surface area contributed by atoms with Gasteiger partial charge in [-0.05, 0) is 99.9 Å². The van der Waals surface area contributed by atoms with Crippen molar-refractivity contribution in [3.63, 3.8) is 0 Å². The van der Waals surface area contributed by atoms with Gasteiger partial charge in [-0.2, -0.15) is 0 Å². The molecule has 1 saturated heterocycles. The number of aliphatic hydroxyl groups excluding tert-OH is 1. The second kappa shape index (κ2) is 16.1. The molecule has 1 atom stereocenters. The molecule has 1 N–H and O–H groups in total. The number of hydrogen-bond donors (Lipinski definition) is 1. The lowest BCUT2D eigenvalue weighted by atomic mass is 10.3. The summed E-state index contributed by atoms with van der Waals surface area (Å²) in [5.74, 6) is -0.472. The van der Waals surface area contributed by atoms with Gasteiger partial charge in [0.2, 0.25) is 11.8 Å². The zero-order chi connectivity index (χ0) is 29.3. The number of hydrogen-bond acceptors (Lipinski definition) is 8. The lowest BCUT2D eigenvalue weighted by Gasteiger charge is -1.97. The molecule has 5 rings (SSSR count). The Kier molecular flexibility index (Phi) is 13.9. The lowest BCUT2D eigenvalue weighted by molar-refractivity contribution is -0.131. The molecular weight excluding hydrogens is 702 g/mol. The van der Waals surface area contributed by atoms with Crippen molar-refractivity contribution in [1.82, 2.24) is 3.93 Å². The van der Waals surface area contributed by atoms with Crippen molar-refractivity contribution in [3.05, 3.63) is 66.4 Å². The summed E-state index contributed by atoms with van der Waals surface area (Å²) in [6, 6.07) is 15.3. The molecule has 0 spiro atoms. The number of amides is 2. The SMILES string of the molecule is CC(=O)C(C)O.Cc1ccc(-c2ccc(C)s2)s1.Cc1ccc(-c2sc(C)cc2Br)s1.O=C1CCC(=O)N1Br. The number of Topliss-reactive ketones (excluding diaryl/α,β-unsaturated/α-hetero) is 1. The van der Waals surface area contributed by atoms with Crippen LogP contribution in [0.4, 0.5) is 0 Å². The molecule has 1 aliphatic heterocycles. The van der Waals surface area contributed by atoms with Gasteiger partial charge < -0.3 is 5.11 Å². The molecule has 1 unspecified atom stereocenters. The number of ketones is 1. The molecule has 210 valence electrons. The molecule has 5 nitrogen and oxygen atoms in total. The van der Waals surface area contributed by atoms with E-state index in [1.807, 2.05) is 45.3 Å². The minimum absolute atomic E-state index is 0.144. The van der Waals surface area contributed by atoms with Crippen LogP contribution in [0.15, 0.2) is 46.9 Å². The van der Waals surface area contributed by atoms with Gasteiger partial charge in [-0.25, -0.2) is 3.93 Å². The molecule has 39 heavy (non-hydrogen) atoms. The van der Waals surface area contributed by atoms with E-state index in [9.17, 15) is 14.4 Å². The molecule has 0 bridgehead atoms. The Morgan fingerprint density at radius 1 is 0.795 bits per heavy atom. The molecule has 0 saturated carbocycles. The van der Waals surface area contributed by atoms with Crippen LogP contribution in [0.1, 0.15) is 46.2 Å². The predicted octanol–water partition coefficient (Wildman–Crippen LogP) is 9.35. The first-order valence-electron chi connectivity index (χ1n) is 11.9. The number of carbonyl (C=O) groups excluding carboxylic acids is 3. The Balaban J connectivity index is 0.000000191. The fourth-order valence-electron chi connectivity index (χ4n) is 2.89. The van der Waals surface area contributed by atoms with E-state index >= 15 is 0 Å². The topological polar surface area (TPSA) is 74.7 Å². The maximum atomic E-state index is 10.4. The van der Waals surface area contributed by atoms with Gasteiger partial charge in [0, 0.05) is 51.5 Å². The van der Waals surface area contributed by atoms with Gasteiger partial charge in [0.15, 0.2) is 5.78 Å². The molecule has 4 aromatic rings. The highest BCUT2D eigenvalue weighted by atomic mass is 79.9. The number of rotatable bonds is 3. The van der Waals surface area contributed by atoms with Crippen molar-refractivity contribution in [2.45, 2.75) is 60.5 Å². The molecule has 1 fully saturated rings. The van der Waals surface area contributed by atoms with Crippen molar-refractivity contribution in [3.8, 4) is 19.5 Å². The van der Waals surface area contributed by atoms with E-state index in [-0.39, 0.29) is 17.6 Å². The zero-order valence-corrected chi connectivity index (χ0v) is 29.0. The third-order valence-electron chi connectivity index (χ3n) is 5.08. The summed E-state index contributed by atoms with van der Waals surface area (Å²) in [5, 5.41) is 8.28. The fraction of sp³-hybridized carbons (Fsp3) is 0.321. The smallest absolute Gasteiger partial charge is 0.239 e. The van der Waals surface area contributed by atoms with Gasteiger partial charge in [0.05, 0.1) is 21.0 Å². The number of nitrogens with zero attached hydrogens (tertiary/aromatic N) is 1. The van der Waals surface area contributed by atoms with E-state index in [4.69, 9.17) is 5.11 Å². The molecule has 1 aliphatic rings. The van der Waals surface area contributed by atoms with Crippen LogP contribution in [0.5, 0.6) is 0 Å². The van der Waals surface area contributed by atoms with Gasteiger partial charge in [-0.3, -0.25) is 14.4 Å². The second-order valence-corrected chi connectivity index (χ2v) is 15.3. The largest absolute Gasteiger partial charge is 0.386 e. The summed E-state index contributed by atoms with van der Waals surface area (Å²) < 4.78 is 2.20. The summed E-state index contributed by atoms with van der Waals surface area (Å²) in [7, 11) is 0. The van der Waals surface area contributed by atoms with Gasteiger partial charge >= 0.3 is 0 Å². The van der Waals surface area contributed by atoms with E-state index in [0.717, 1.165) is 3.93 Å². The standard InChI is InChI=1S/C10H9BrS2.C10H10S2.C4H4BrNO2.C4H8O2/c1-6-3-4-9(12-6)10-8(11)5-7(2)13-10;1-7-3-5-9(11-7)10-6-4-8(2)12-10;5-6-3(7)1-2-4(6)8;1-3(5)4(2)6/h3-5H,1-2H3;3-6H,1-2H3;1-2H2;3,5H,1-2H3. The van der Waals surface area contributed by atoms with E-state index in [2.05, 4.69) is 102 Å². The van der Waals surface area contributed by atoms with Gasteiger partial charge in [-0.15, -0.1) is 45.3 Å². The van der Waals surface area contributed by atoms with E-state index < -0.39 is 6.10 Å². The Labute approximate surface area is 263 Å². The predicted molar refractivity (Wildman–Crippen MR) is 174 cm³/mol. The van der Waals surface area contributed by atoms with Crippen LogP contribution in [0.3, 0.4) is 0 Å². The first-order chi connectivity index (χ1) is 18.3. The highest BCUT2D eigenvalue weighted by Crippen LogP contribution is 2.39. The van der Waals surface area contributed by atoms with Crippen molar-refractivity contribution < 1.29 is 19.5 Å². The molecule has 2 amide bonds. The number of aryl methyl sites for hydroxylation is 4. The summed E-state index contributed by atoms with van der Waals surface area (Å²) in [6.07, 6.45) is -0.0845. The van der Waals surface area contributed by atoms with Crippen LogP contribution in [0.25, 0.3) is 19.5 Å². The Bertz CT molecular complexity index is 1350. The molecule has 4 aromatic heterocycles. The number of carbonyl (C=O) groups is 3. The minimum atomic E-state index is -0.787. The lowest BCUT2D eigenvalue weighted by Crippen LogP contribution is -2.16. The number of thiophene rings is 4. The van der Waals surface area contributed by atoms with Crippen molar-refractivity contribution in [2.24, 2.45) is 0 Å². The molecule has 0 aliphatic carbocycles. The minimum Gasteiger partial charge on any atom is -0.386 e. The van der Waals surface area contributed by atoms with Crippen LogP contribution >= 0.6 is 77.4 Å². The normalized spacial score (nSPS) is 13.1. The summed E-state index contributed by atoms with van der Waals surface area (Å²) in [4.78, 5) is 41.8. The number of imide groups is 1. The highest BCUT2D eigenvalue weighted by molar-refractivity contribution is 9.10. The van der Waals surface area contributed by atoms with Crippen LogP contribution in [0, 0.1) is 27.7 Å². The average molecular weight is 734 g/mol. The Morgan fingerprint density at radius 2 is 1.18 bits per heavy atom. The third kappa shape index (κ3) is 11.1. The second-order valence-electron chi connectivity index (χ2n) is 8.62. The average Bonchev–Trinajstić information content (AvgIpc) is 3.69. The summed E-state index contributed by atoms with van der Waals surface area (Å²) >= 11 is 13.8. The van der Waals surface area contributed by atoms with Gasteiger partial charge in [-0.1, -0.05) is 0 Å². The van der Waals surface area contributed by atoms with Crippen molar-refractivity contribution in [2.75, 3.05) is 0 Å². The summed E-state index contributed by atoms with van der Waals surface area (Å²) in [5.41, 5.74) is 0. The first-order valence-corrected chi connectivity index (χ1v) is 16.7. The quantitative estimate of drug-likeness (QED) is 0.168. The van der Waals surface area contributed by atoms with Crippen LogP contribution in [0.2, 0.25) is 0 Å². The monoisotopic (exact) mass is 731 g/mol.